The molecule has 21 heavy (non-hydrogen) atoms. The molecule has 3 nitrogen and oxygen atoms in total. The van der Waals surface area contributed by atoms with Crippen LogP contribution < -0.4 is 5.32 Å². The van der Waals surface area contributed by atoms with Gasteiger partial charge in [0.2, 0.25) is 0 Å². The van der Waals surface area contributed by atoms with Gasteiger partial charge in [-0.15, -0.1) is 11.3 Å². The molecular weight excluding hydrogens is 280 g/mol. The van der Waals surface area contributed by atoms with E-state index in [9.17, 15) is 4.79 Å². The first kappa shape index (κ1) is 13.8. The smallest absolute Gasteiger partial charge is 0.263 e. The molecule has 0 radical (unpaired) electrons. The second-order valence-corrected chi connectivity index (χ2v) is 7.91. The van der Waals surface area contributed by atoms with Crippen LogP contribution in [0.2, 0.25) is 0 Å². The topological polar surface area (TPSA) is 32.3 Å². The van der Waals surface area contributed by atoms with Gasteiger partial charge in [0.05, 0.1) is 4.88 Å². The molecular formula is C17H24N2OS. The molecule has 2 fully saturated rings. The van der Waals surface area contributed by atoms with E-state index in [0.717, 1.165) is 24.5 Å². The molecule has 1 aromatic heterocycles. The summed E-state index contributed by atoms with van der Waals surface area (Å²) in [5, 5.41) is 3.62. The Morgan fingerprint density at radius 1 is 1.24 bits per heavy atom. The van der Waals surface area contributed by atoms with Crippen LogP contribution in [-0.2, 0) is 12.8 Å². The Hall–Kier alpha value is -0.870. The summed E-state index contributed by atoms with van der Waals surface area (Å²) >= 11 is 1.75. The van der Waals surface area contributed by atoms with Crippen molar-refractivity contribution in [2.24, 2.45) is 5.92 Å². The maximum Gasteiger partial charge on any atom is 0.263 e. The molecule has 2 aliphatic heterocycles. The van der Waals surface area contributed by atoms with E-state index in [1.807, 2.05) is 0 Å². The van der Waals surface area contributed by atoms with Gasteiger partial charge >= 0.3 is 0 Å². The Labute approximate surface area is 130 Å². The highest BCUT2D eigenvalue weighted by molar-refractivity contribution is 7.14. The van der Waals surface area contributed by atoms with Crippen LogP contribution in [0.25, 0.3) is 0 Å². The molecule has 1 amide bonds. The van der Waals surface area contributed by atoms with Gasteiger partial charge in [-0.3, -0.25) is 4.79 Å². The number of piperidine rings is 1. The fourth-order valence-corrected chi connectivity index (χ4v) is 5.45. The van der Waals surface area contributed by atoms with E-state index in [-0.39, 0.29) is 5.91 Å². The average molecular weight is 304 g/mol. The van der Waals surface area contributed by atoms with E-state index in [1.54, 1.807) is 11.3 Å². The van der Waals surface area contributed by atoms with E-state index in [2.05, 4.69) is 16.3 Å². The van der Waals surface area contributed by atoms with Gasteiger partial charge in [0.15, 0.2) is 0 Å². The summed E-state index contributed by atoms with van der Waals surface area (Å²) in [6, 6.07) is 2.82. The second kappa shape index (κ2) is 5.73. The maximum absolute atomic E-state index is 12.8. The van der Waals surface area contributed by atoms with Crippen LogP contribution in [-0.4, -0.2) is 36.5 Å². The Kier molecular flexibility index (Phi) is 3.76. The molecule has 2 saturated heterocycles. The third kappa shape index (κ3) is 2.64. The molecule has 1 aromatic rings. The number of nitrogens with zero attached hydrogens (tertiary/aromatic N) is 1. The van der Waals surface area contributed by atoms with E-state index in [4.69, 9.17) is 0 Å². The third-order valence-corrected chi connectivity index (χ3v) is 6.59. The Morgan fingerprint density at radius 3 is 3.00 bits per heavy atom. The Bertz CT molecular complexity index is 511. The summed E-state index contributed by atoms with van der Waals surface area (Å²) in [4.78, 5) is 17.4. The molecule has 3 heterocycles. The zero-order chi connectivity index (χ0) is 14.2. The van der Waals surface area contributed by atoms with Crippen molar-refractivity contribution in [2.75, 3.05) is 19.6 Å². The summed E-state index contributed by atoms with van der Waals surface area (Å²) < 4.78 is 0. The first-order valence-electron chi connectivity index (χ1n) is 8.45. The van der Waals surface area contributed by atoms with E-state index in [1.165, 1.54) is 55.4 Å². The molecule has 0 aromatic carbocycles. The lowest BCUT2D eigenvalue weighted by Crippen LogP contribution is -2.45. The van der Waals surface area contributed by atoms with Crippen LogP contribution in [0.1, 0.15) is 52.2 Å². The molecule has 2 unspecified atom stereocenters. The van der Waals surface area contributed by atoms with Gasteiger partial charge in [-0.1, -0.05) is 0 Å². The first-order chi connectivity index (χ1) is 10.3. The fourth-order valence-electron chi connectivity index (χ4n) is 4.23. The lowest BCUT2D eigenvalue weighted by molar-refractivity contribution is 0.0656. The van der Waals surface area contributed by atoms with Gasteiger partial charge in [-0.2, -0.15) is 0 Å². The molecule has 3 aliphatic rings. The summed E-state index contributed by atoms with van der Waals surface area (Å²) in [7, 11) is 0. The molecule has 1 aliphatic carbocycles. The fraction of sp³-hybridized carbons (Fsp3) is 0.706. The summed E-state index contributed by atoms with van der Waals surface area (Å²) in [6.45, 7) is 3.07. The van der Waals surface area contributed by atoms with Crippen molar-refractivity contribution in [2.45, 2.75) is 51.0 Å². The number of amides is 1. The number of hydrogen-bond donors (Lipinski definition) is 1. The quantitative estimate of drug-likeness (QED) is 0.911. The molecule has 4 rings (SSSR count). The van der Waals surface area contributed by atoms with Crippen molar-refractivity contribution in [1.29, 1.82) is 0 Å². The average Bonchev–Trinajstić information content (AvgIpc) is 3.22. The Morgan fingerprint density at radius 2 is 2.19 bits per heavy atom. The monoisotopic (exact) mass is 304 g/mol. The summed E-state index contributed by atoms with van der Waals surface area (Å²) in [5.41, 5.74) is 1.44. The first-order valence-corrected chi connectivity index (χ1v) is 9.27. The van der Waals surface area contributed by atoms with Crippen LogP contribution in [0.3, 0.4) is 0 Å². The normalized spacial score (nSPS) is 28.9. The lowest BCUT2D eigenvalue weighted by Gasteiger charge is -2.35. The summed E-state index contributed by atoms with van der Waals surface area (Å²) in [5.74, 6) is 0.953. The minimum Gasteiger partial charge on any atom is -0.338 e. The van der Waals surface area contributed by atoms with Gasteiger partial charge < -0.3 is 10.2 Å². The number of rotatable bonds is 2. The summed E-state index contributed by atoms with van der Waals surface area (Å²) in [6.07, 6.45) is 8.67. The van der Waals surface area contributed by atoms with E-state index < -0.39 is 0 Å². The lowest BCUT2D eigenvalue weighted by atomic mass is 9.89. The SMILES string of the molecule is O=C(c1cc2c(s1)CCC2)N1CCCC(C2CCCN2)C1. The number of aryl methyl sites for hydroxylation is 2. The van der Waals surface area contributed by atoms with Crippen molar-refractivity contribution in [3.8, 4) is 0 Å². The highest BCUT2D eigenvalue weighted by atomic mass is 32.1. The predicted octanol–water partition coefficient (Wildman–Crippen LogP) is 2.84. The predicted molar refractivity (Wildman–Crippen MR) is 86.0 cm³/mol. The second-order valence-electron chi connectivity index (χ2n) is 6.77. The van der Waals surface area contributed by atoms with Crippen LogP contribution >= 0.6 is 11.3 Å². The standard InChI is InChI=1S/C17H24N2OS/c20-17(16-10-12-4-1-7-15(12)21-16)19-9-3-5-13(11-19)14-6-2-8-18-14/h10,13-14,18H,1-9,11H2. The number of nitrogens with one attached hydrogen (secondary N) is 1. The van der Waals surface area contributed by atoms with Crippen molar-refractivity contribution >= 4 is 17.2 Å². The minimum absolute atomic E-state index is 0.289. The third-order valence-electron chi connectivity index (χ3n) is 5.37. The molecule has 0 saturated carbocycles. The maximum atomic E-state index is 12.8. The van der Waals surface area contributed by atoms with Crippen LogP contribution in [0, 0.1) is 5.92 Å². The van der Waals surface area contributed by atoms with Crippen molar-refractivity contribution in [3.63, 3.8) is 0 Å². The van der Waals surface area contributed by atoms with Crippen LogP contribution in [0.15, 0.2) is 6.07 Å². The molecule has 4 heteroatoms. The van der Waals surface area contributed by atoms with Gasteiger partial charge in [-0.25, -0.2) is 0 Å². The number of fused-ring (bicyclic) bond motifs is 1. The minimum atomic E-state index is 0.289. The van der Waals surface area contributed by atoms with Crippen molar-refractivity contribution < 1.29 is 4.79 Å². The highest BCUT2D eigenvalue weighted by Crippen LogP contribution is 2.32. The van der Waals surface area contributed by atoms with Crippen LogP contribution in [0.4, 0.5) is 0 Å². The van der Waals surface area contributed by atoms with Crippen molar-refractivity contribution in [3.05, 3.63) is 21.4 Å². The molecule has 0 spiro atoms. The van der Waals surface area contributed by atoms with Gasteiger partial charge in [0.1, 0.15) is 0 Å². The van der Waals surface area contributed by atoms with Gasteiger partial charge in [-0.05, 0) is 69.0 Å². The van der Waals surface area contributed by atoms with Crippen LogP contribution in [0.5, 0.6) is 0 Å². The number of thiophene rings is 1. The largest absolute Gasteiger partial charge is 0.338 e. The van der Waals surface area contributed by atoms with Gasteiger partial charge in [0, 0.05) is 24.0 Å². The Balaban J connectivity index is 1.45. The number of carbonyl (C=O) groups excluding carboxylic acids is 1. The molecule has 1 N–H and O–H groups in total. The highest BCUT2D eigenvalue weighted by Gasteiger charge is 2.32. The molecule has 2 atom stereocenters. The zero-order valence-corrected chi connectivity index (χ0v) is 13.4. The van der Waals surface area contributed by atoms with Gasteiger partial charge in [0.25, 0.3) is 5.91 Å². The number of carbonyl (C=O) groups is 1. The van der Waals surface area contributed by atoms with E-state index in [0.29, 0.717) is 12.0 Å². The zero-order valence-electron chi connectivity index (χ0n) is 12.6. The van der Waals surface area contributed by atoms with E-state index >= 15 is 0 Å². The molecule has 114 valence electrons. The molecule has 0 bridgehead atoms. The number of hydrogen-bond acceptors (Lipinski definition) is 3. The number of likely N-dealkylation sites (tertiary alicyclic amines) is 1. The van der Waals surface area contributed by atoms with Crippen molar-refractivity contribution in [1.82, 2.24) is 10.2 Å².